The zero-order valence-electron chi connectivity index (χ0n) is 18.8. The summed E-state index contributed by atoms with van der Waals surface area (Å²) in [5, 5.41) is 3.41. The maximum atomic E-state index is 5.96. The first-order chi connectivity index (χ1) is 12.7. The van der Waals surface area contributed by atoms with Crippen LogP contribution in [0.4, 0.5) is 0 Å². The Balaban J connectivity index is 1.91. The standard InChI is InChI=1S/C21H45N3O3/c1-7-21(5,6)27-17-14-24-11-9-23(10-12-24)13-16-26-19-18-25-15-8-22-20(2,3)4/h22H,7-19H2,1-6H3. The Labute approximate surface area is 167 Å². The van der Waals surface area contributed by atoms with Gasteiger partial charge in [-0.05, 0) is 41.0 Å². The van der Waals surface area contributed by atoms with Crippen molar-refractivity contribution in [1.29, 1.82) is 0 Å². The van der Waals surface area contributed by atoms with Crippen molar-refractivity contribution in [2.75, 3.05) is 78.8 Å². The lowest BCUT2D eigenvalue weighted by Gasteiger charge is -2.35. The number of ether oxygens (including phenoxy) is 3. The number of nitrogens with one attached hydrogen (secondary N) is 1. The van der Waals surface area contributed by atoms with Gasteiger partial charge in [0.15, 0.2) is 0 Å². The Bertz CT molecular complexity index is 364. The number of piperazine rings is 1. The van der Waals surface area contributed by atoms with E-state index in [0.717, 1.165) is 72.1 Å². The van der Waals surface area contributed by atoms with Crippen molar-refractivity contribution < 1.29 is 14.2 Å². The highest BCUT2D eigenvalue weighted by Crippen LogP contribution is 2.13. The molecule has 1 heterocycles. The molecule has 0 aromatic heterocycles. The Hall–Kier alpha value is -0.240. The first-order valence-electron chi connectivity index (χ1n) is 10.7. The first-order valence-corrected chi connectivity index (χ1v) is 10.7. The normalized spacial score (nSPS) is 17.6. The van der Waals surface area contributed by atoms with Gasteiger partial charge in [0.1, 0.15) is 0 Å². The SMILES string of the molecule is CCC(C)(C)OCCN1CCN(CCOCCOCCNC(C)(C)C)CC1. The van der Waals surface area contributed by atoms with Gasteiger partial charge in [-0.1, -0.05) is 6.92 Å². The predicted molar refractivity (Wildman–Crippen MR) is 113 cm³/mol. The molecule has 0 aromatic rings. The fourth-order valence-electron chi connectivity index (χ4n) is 2.80. The van der Waals surface area contributed by atoms with Crippen LogP contribution in [0.3, 0.4) is 0 Å². The first kappa shape index (κ1) is 24.8. The van der Waals surface area contributed by atoms with E-state index in [2.05, 4.69) is 56.7 Å². The number of nitrogens with zero attached hydrogens (tertiary/aromatic N) is 2. The summed E-state index contributed by atoms with van der Waals surface area (Å²) in [5.41, 5.74) is 0.162. The van der Waals surface area contributed by atoms with Gasteiger partial charge < -0.3 is 19.5 Å². The second-order valence-corrected chi connectivity index (χ2v) is 9.05. The van der Waals surface area contributed by atoms with Gasteiger partial charge in [0.2, 0.25) is 0 Å². The molecule has 0 bridgehead atoms. The Morgan fingerprint density at radius 1 is 0.741 bits per heavy atom. The third kappa shape index (κ3) is 13.6. The van der Waals surface area contributed by atoms with E-state index in [-0.39, 0.29) is 11.1 Å². The Morgan fingerprint density at radius 3 is 1.78 bits per heavy atom. The molecule has 0 amide bonds. The van der Waals surface area contributed by atoms with Gasteiger partial charge in [-0.2, -0.15) is 0 Å². The molecule has 0 spiro atoms. The monoisotopic (exact) mass is 387 g/mol. The van der Waals surface area contributed by atoms with Crippen molar-refractivity contribution >= 4 is 0 Å². The van der Waals surface area contributed by atoms with E-state index in [0.29, 0.717) is 13.2 Å². The van der Waals surface area contributed by atoms with E-state index < -0.39 is 0 Å². The summed E-state index contributed by atoms with van der Waals surface area (Å²) in [6.45, 7) is 24.1. The molecule has 0 radical (unpaired) electrons. The number of rotatable bonds is 14. The summed E-state index contributed by atoms with van der Waals surface area (Å²) < 4.78 is 17.3. The molecule has 1 fully saturated rings. The largest absolute Gasteiger partial charge is 0.378 e. The fourth-order valence-corrected chi connectivity index (χ4v) is 2.80. The van der Waals surface area contributed by atoms with E-state index in [9.17, 15) is 0 Å². The molecule has 0 aliphatic carbocycles. The molecule has 1 rings (SSSR count). The van der Waals surface area contributed by atoms with Gasteiger partial charge in [-0.15, -0.1) is 0 Å². The Kier molecular flexibility index (Phi) is 12.0. The lowest BCUT2D eigenvalue weighted by atomic mass is 10.1. The predicted octanol–water partition coefficient (Wildman–Crippen LogP) is 2.23. The topological polar surface area (TPSA) is 46.2 Å². The van der Waals surface area contributed by atoms with Crippen molar-refractivity contribution in [3.63, 3.8) is 0 Å². The highest BCUT2D eigenvalue weighted by molar-refractivity contribution is 4.73. The lowest BCUT2D eigenvalue weighted by Crippen LogP contribution is -2.48. The zero-order valence-corrected chi connectivity index (χ0v) is 18.8. The molecule has 0 aromatic carbocycles. The zero-order chi connectivity index (χ0) is 20.2. The van der Waals surface area contributed by atoms with Crippen LogP contribution < -0.4 is 5.32 Å². The highest BCUT2D eigenvalue weighted by atomic mass is 16.5. The number of hydrogen-bond donors (Lipinski definition) is 1. The quantitative estimate of drug-likeness (QED) is 0.461. The highest BCUT2D eigenvalue weighted by Gasteiger charge is 2.19. The average Bonchev–Trinajstić information content (AvgIpc) is 2.60. The van der Waals surface area contributed by atoms with Crippen molar-refractivity contribution in [2.45, 2.75) is 59.1 Å². The molecule has 27 heavy (non-hydrogen) atoms. The molecule has 1 N–H and O–H groups in total. The third-order valence-electron chi connectivity index (χ3n) is 5.04. The van der Waals surface area contributed by atoms with E-state index in [4.69, 9.17) is 14.2 Å². The van der Waals surface area contributed by atoms with Crippen molar-refractivity contribution in [3.05, 3.63) is 0 Å². The summed E-state index contributed by atoms with van der Waals surface area (Å²) in [7, 11) is 0. The summed E-state index contributed by atoms with van der Waals surface area (Å²) in [6, 6.07) is 0. The summed E-state index contributed by atoms with van der Waals surface area (Å²) in [5.74, 6) is 0. The number of hydrogen-bond acceptors (Lipinski definition) is 6. The lowest BCUT2D eigenvalue weighted by molar-refractivity contribution is -0.0333. The molecule has 1 aliphatic rings. The van der Waals surface area contributed by atoms with E-state index in [1.54, 1.807) is 0 Å². The van der Waals surface area contributed by atoms with Gasteiger partial charge in [0.25, 0.3) is 0 Å². The molecule has 0 unspecified atom stereocenters. The van der Waals surface area contributed by atoms with Crippen LogP contribution in [0, 0.1) is 0 Å². The molecular weight excluding hydrogens is 342 g/mol. The van der Waals surface area contributed by atoms with Gasteiger partial charge >= 0.3 is 0 Å². The minimum absolute atomic E-state index is 0.00593. The molecule has 1 saturated heterocycles. The molecule has 6 nitrogen and oxygen atoms in total. The Morgan fingerprint density at radius 2 is 1.26 bits per heavy atom. The minimum atomic E-state index is 0.00593. The smallest absolute Gasteiger partial charge is 0.0701 e. The molecule has 162 valence electrons. The van der Waals surface area contributed by atoms with E-state index in [1.165, 1.54) is 0 Å². The van der Waals surface area contributed by atoms with Crippen LogP contribution in [0.1, 0.15) is 48.0 Å². The summed E-state index contributed by atoms with van der Waals surface area (Å²) >= 11 is 0. The average molecular weight is 388 g/mol. The van der Waals surface area contributed by atoms with E-state index in [1.807, 2.05) is 0 Å². The minimum Gasteiger partial charge on any atom is -0.378 e. The molecular formula is C21H45N3O3. The van der Waals surface area contributed by atoms with E-state index >= 15 is 0 Å². The third-order valence-corrected chi connectivity index (χ3v) is 5.04. The second kappa shape index (κ2) is 13.1. The van der Waals surface area contributed by atoms with Crippen LogP contribution in [0.2, 0.25) is 0 Å². The van der Waals surface area contributed by atoms with Crippen LogP contribution in [0.5, 0.6) is 0 Å². The maximum absolute atomic E-state index is 5.96. The van der Waals surface area contributed by atoms with Gasteiger partial charge in [0.05, 0.1) is 38.6 Å². The van der Waals surface area contributed by atoms with Gasteiger partial charge in [0, 0.05) is 51.4 Å². The van der Waals surface area contributed by atoms with Gasteiger partial charge in [-0.3, -0.25) is 9.80 Å². The molecule has 1 aliphatic heterocycles. The van der Waals surface area contributed by atoms with Crippen LogP contribution in [0.25, 0.3) is 0 Å². The molecule has 0 saturated carbocycles. The van der Waals surface area contributed by atoms with Crippen molar-refractivity contribution in [3.8, 4) is 0 Å². The van der Waals surface area contributed by atoms with Crippen LogP contribution in [0.15, 0.2) is 0 Å². The van der Waals surface area contributed by atoms with Crippen LogP contribution >= 0.6 is 0 Å². The summed E-state index contributed by atoms with van der Waals surface area (Å²) in [6.07, 6.45) is 1.06. The fraction of sp³-hybridized carbons (Fsp3) is 1.00. The summed E-state index contributed by atoms with van der Waals surface area (Å²) in [4.78, 5) is 4.99. The van der Waals surface area contributed by atoms with Crippen LogP contribution in [-0.4, -0.2) is 99.8 Å². The molecule has 6 heteroatoms. The van der Waals surface area contributed by atoms with Crippen LogP contribution in [-0.2, 0) is 14.2 Å². The van der Waals surface area contributed by atoms with Crippen molar-refractivity contribution in [2.24, 2.45) is 0 Å². The van der Waals surface area contributed by atoms with Gasteiger partial charge in [-0.25, -0.2) is 0 Å². The van der Waals surface area contributed by atoms with Crippen molar-refractivity contribution in [1.82, 2.24) is 15.1 Å². The molecule has 0 atom stereocenters. The second-order valence-electron chi connectivity index (χ2n) is 9.05. The maximum Gasteiger partial charge on any atom is 0.0701 e.